The highest BCUT2D eigenvalue weighted by molar-refractivity contribution is 7.13. The molecule has 34 heavy (non-hydrogen) atoms. The number of aryl methyl sites for hydroxylation is 1. The number of nitrogens with zero attached hydrogens (tertiary/aromatic N) is 2. The smallest absolute Gasteiger partial charge is 0.248 e. The molecule has 1 heterocycles. The molecule has 0 spiro atoms. The topological polar surface area (TPSA) is 91.4 Å². The number of hydrogen-bond donors (Lipinski definition) is 2. The average molecular weight is 483 g/mol. The number of carbonyl (C=O) groups is 3. The number of anilines is 2. The lowest BCUT2D eigenvalue weighted by atomic mass is 10.0. The summed E-state index contributed by atoms with van der Waals surface area (Å²) in [6.07, 6.45) is 1.37. The summed E-state index contributed by atoms with van der Waals surface area (Å²) >= 11 is 1.28. The van der Waals surface area contributed by atoms with Gasteiger partial charge in [0.1, 0.15) is 11.9 Å². The van der Waals surface area contributed by atoms with Gasteiger partial charge in [-0.25, -0.2) is 9.37 Å². The van der Waals surface area contributed by atoms with Crippen LogP contribution in [0.5, 0.6) is 0 Å². The first-order chi connectivity index (χ1) is 16.2. The van der Waals surface area contributed by atoms with Crippen molar-refractivity contribution in [1.82, 2.24) is 10.3 Å². The number of amides is 3. The molecule has 0 saturated heterocycles. The van der Waals surface area contributed by atoms with Crippen LogP contribution in [0.2, 0.25) is 0 Å². The van der Waals surface area contributed by atoms with Crippen LogP contribution in [0, 0.1) is 12.7 Å². The predicted octanol–water partition coefficient (Wildman–Crippen LogP) is 4.61. The van der Waals surface area contributed by atoms with Crippen molar-refractivity contribution in [2.45, 2.75) is 45.7 Å². The van der Waals surface area contributed by atoms with E-state index < -0.39 is 23.7 Å². The van der Waals surface area contributed by atoms with Gasteiger partial charge < -0.3 is 10.6 Å². The maximum Gasteiger partial charge on any atom is 0.248 e. The van der Waals surface area contributed by atoms with Crippen LogP contribution in [0.25, 0.3) is 0 Å². The standard InChI is InChI=1S/C25H27FN4O3S/c1-16(2)28-24(33)23(18-6-8-19(26)9-7-18)30(20-10-4-17(3)5-11-20)22(32)13-12-21(31)29-25-27-14-15-34-25/h4-11,14-16,23H,12-13H2,1-3H3,(H,28,33)(H,27,29,31)/t23-/m0/s1. The molecule has 0 aliphatic carbocycles. The van der Waals surface area contributed by atoms with Crippen LogP contribution in [0.15, 0.2) is 60.1 Å². The molecule has 0 saturated carbocycles. The van der Waals surface area contributed by atoms with Gasteiger partial charge in [-0.05, 0) is 50.6 Å². The maximum atomic E-state index is 13.6. The van der Waals surface area contributed by atoms with Gasteiger partial charge >= 0.3 is 0 Å². The monoisotopic (exact) mass is 482 g/mol. The van der Waals surface area contributed by atoms with Gasteiger partial charge in [0.2, 0.25) is 17.7 Å². The lowest BCUT2D eigenvalue weighted by Gasteiger charge is -2.32. The van der Waals surface area contributed by atoms with Gasteiger partial charge in [0.15, 0.2) is 5.13 Å². The van der Waals surface area contributed by atoms with Crippen molar-refractivity contribution in [1.29, 1.82) is 0 Å². The summed E-state index contributed by atoms with van der Waals surface area (Å²) in [7, 11) is 0. The van der Waals surface area contributed by atoms with Crippen LogP contribution in [0.4, 0.5) is 15.2 Å². The Balaban J connectivity index is 1.93. The normalized spacial score (nSPS) is 11.7. The van der Waals surface area contributed by atoms with Crippen molar-refractivity contribution in [3.05, 3.63) is 77.1 Å². The SMILES string of the molecule is Cc1ccc(N(C(=O)CCC(=O)Nc2nccs2)[C@H](C(=O)NC(C)C)c2ccc(F)cc2)cc1. The van der Waals surface area contributed by atoms with E-state index >= 15 is 0 Å². The molecule has 0 aliphatic heterocycles. The molecule has 0 aliphatic rings. The van der Waals surface area contributed by atoms with Gasteiger partial charge in [-0.3, -0.25) is 19.3 Å². The van der Waals surface area contributed by atoms with Crippen molar-refractivity contribution in [2.75, 3.05) is 10.2 Å². The Hall–Kier alpha value is -3.59. The van der Waals surface area contributed by atoms with E-state index in [1.807, 2.05) is 32.9 Å². The highest BCUT2D eigenvalue weighted by atomic mass is 32.1. The van der Waals surface area contributed by atoms with Crippen molar-refractivity contribution < 1.29 is 18.8 Å². The fourth-order valence-corrected chi connectivity index (χ4v) is 3.92. The number of hydrogen-bond acceptors (Lipinski definition) is 5. The molecular weight excluding hydrogens is 455 g/mol. The largest absolute Gasteiger partial charge is 0.352 e. The Morgan fingerprint density at radius 1 is 1.03 bits per heavy atom. The van der Waals surface area contributed by atoms with Crippen molar-refractivity contribution in [3.8, 4) is 0 Å². The second-order valence-corrected chi connectivity index (χ2v) is 9.00. The summed E-state index contributed by atoms with van der Waals surface area (Å²) in [5.74, 6) is -1.61. The summed E-state index contributed by atoms with van der Waals surface area (Å²) in [5, 5.41) is 7.70. The molecule has 9 heteroatoms. The molecule has 0 fully saturated rings. The van der Waals surface area contributed by atoms with Crippen LogP contribution in [0.1, 0.15) is 43.9 Å². The Kier molecular flexibility index (Phi) is 8.48. The number of thiazole rings is 1. The zero-order valence-corrected chi connectivity index (χ0v) is 20.1. The molecule has 2 N–H and O–H groups in total. The molecular formula is C25H27FN4O3S. The molecule has 0 unspecified atom stereocenters. The van der Waals surface area contributed by atoms with Gasteiger partial charge in [-0.1, -0.05) is 29.8 Å². The molecule has 0 radical (unpaired) electrons. The molecule has 7 nitrogen and oxygen atoms in total. The highest BCUT2D eigenvalue weighted by Crippen LogP contribution is 2.30. The lowest BCUT2D eigenvalue weighted by molar-refractivity contribution is -0.127. The first-order valence-electron chi connectivity index (χ1n) is 10.9. The predicted molar refractivity (Wildman–Crippen MR) is 131 cm³/mol. The van der Waals surface area contributed by atoms with Gasteiger partial charge in [0.25, 0.3) is 0 Å². The molecule has 0 bridgehead atoms. The van der Waals surface area contributed by atoms with E-state index in [4.69, 9.17) is 0 Å². The minimum absolute atomic E-state index is 0.0806. The third kappa shape index (κ3) is 6.71. The number of carbonyl (C=O) groups excluding carboxylic acids is 3. The van der Waals surface area contributed by atoms with E-state index in [2.05, 4.69) is 15.6 Å². The zero-order valence-electron chi connectivity index (χ0n) is 19.2. The van der Waals surface area contributed by atoms with Gasteiger partial charge in [0, 0.05) is 36.1 Å². The van der Waals surface area contributed by atoms with Gasteiger partial charge in [0.05, 0.1) is 0 Å². The van der Waals surface area contributed by atoms with Crippen molar-refractivity contribution in [2.24, 2.45) is 0 Å². The molecule has 1 atom stereocenters. The van der Waals surface area contributed by atoms with Gasteiger partial charge in [-0.15, -0.1) is 11.3 Å². The number of benzene rings is 2. The van der Waals surface area contributed by atoms with E-state index in [0.717, 1.165) is 5.56 Å². The number of rotatable bonds is 9. The van der Waals surface area contributed by atoms with E-state index in [0.29, 0.717) is 16.4 Å². The maximum absolute atomic E-state index is 13.6. The molecule has 3 amide bonds. The second kappa shape index (κ2) is 11.5. The fraction of sp³-hybridized carbons (Fsp3) is 0.280. The average Bonchev–Trinajstić information content (AvgIpc) is 3.30. The highest BCUT2D eigenvalue weighted by Gasteiger charge is 2.33. The van der Waals surface area contributed by atoms with Crippen LogP contribution >= 0.6 is 11.3 Å². The molecule has 1 aromatic heterocycles. The van der Waals surface area contributed by atoms with Crippen molar-refractivity contribution in [3.63, 3.8) is 0 Å². The molecule has 178 valence electrons. The van der Waals surface area contributed by atoms with Crippen LogP contribution in [-0.4, -0.2) is 28.7 Å². The Morgan fingerprint density at radius 2 is 1.71 bits per heavy atom. The minimum atomic E-state index is -1.04. The van der Waals surface area contributed by atoms with Crippen LogP contribution < -0.4 is 15.5 Å². The van der Waals surface area contributed by atoms with Crippen LogP contribution in [-0.2, 0) is 14.4 Å². The molecule has 3 aromatic rings. The third-order valence-electron chi connectivity index (χ3n) is 4.95. The summed E-state index contributed by atoms with van der Waals surface area (Å²) < 4.78 is 13.6. The van der Waals surface area contributed by atoms with Crippen LogP contribution in [0.3, 0.4) is 0 Å². The van der Waals surface area contributed by atoms with Crippen molar-refractivity contribution >= 4 is 39.9 Å². The summed E-state index contributed by atoms with van der Waals surface area (Å²) in [4.78, 5) is 44.5. The number of nitrogens with one attached hydrogen (secondary N) is 2. The Bertz CT molecular complexity index is 1120. The third-order valence-corrected chi connectivity index (χ3v) is 5.64. The summed E-state index contributed by atoms with van der Waals surface area (Å²) in [6.45, 7) is 5.56. The van der Waals surface area contributed by atoms with E-state index in [-0.39, 0.29) is 24.8 Å². The summed E-state index contributed by atoms with van der Waals surface area (Å²) in [6, 6.07) is 11.5. The second-order valence-electron chi connectivity index (χ2n) is 8.10. The van der Waals surface area contributed by atoms with E-state index in [1.165, 1.54) is 40.5 Å². The molecule has 3 rings (SSSR count). The van der Waals surface area contributed by atoms with E-state index in [9.17, 15) is 18.8 Å². The molecule has 2 aromatic carbocycles. The summed E-state index contributed by atoms with van der Waals surface area (Å²) in [5.41, 5.74) is 1.95. The minimum Gasteiger partial charge on any atom is -0.352 e. The number of aromatic nitrogens is 1. The first kappa shape index (κ1) is 25.0. The zero-order chi connectivity index (χ0) is 24.7. The quantitative estimate of drug-likeness (QED) is 0.466. The van der Waals surface area contributed by atoms with E-state index in [1.54, 1.807) is 23.7 Å². The lowest BCUT2D eigenvalue weighted by Crippen LogP contribution is -2.46. The Labute approximate surface area is 202 Å². The number of halogens is 1. The van der Waals surface area contributed by atoms with Gasteiger partial charge in [-0.2, -0.15) is 0 Å². The fourth-order valence-electron chi connectivity index (χ4n) is 3.38. The first-order valence-corrected chi connectivity index (χ1v) is 11.8. The Morgan fingerprint density at radius 3 is 2.29 bits per heavy atom.